The van der Waals surface area contributed by atoms with Crippen LogP contribution in [0.3, 0.4) is 0 Å². The number of ether oxygens (including phenoxy) is 1. The molecule has 1 heterocycles. The molecule has 0 amide bonds. The Hall–Kier alpha value is -2.04. The first kappa shape index (κ1) is 12.0. The third-order valence-electron chi connectivity index (χ3n) is 3.76. The number of anilines is 1. The molecule has 0 atom stereocenters. The first-order valence-corrected chi connectivity index (χ1v) is 6.65. The Kier molecular flexibility index (Phi) is 3.11. The molecule has 100 valence electrons. The Morgan fingerprint density at radius 2 is 2.32 bits per heavy atom. The SMILES string of the molecule is Nc1ccc2[nH]nc(C(=O)OCCC3CCC3)c2c1. The third kappa shape index (κ3) is 2.41. The molecule has 2 aromatic rings. The molecule has 1 fully saturated rings. The average molecular weight is 259 g/mol. The molecule has 3 N–H and O–H groups in total. The molecule has 0 bridgehead atoms. The number of carbonyl (C=O) groups excluding carboxylic acids is 1. The normalized spacial score (nSPS) is 15.4. The smallest absolute Gasteiger partial charge is 0.359 e. The van der Waals surface area contributed by atoms with Gasteiger partial charge in [0, 0.05) is 11.1 Å². The Morgan fingerprint density at radius 3 is 3.05 bits per heavy atom. The standard InChI is InChI=1S/C14H17N3O2/c15-10-4-5-12-11(8-10)13(17-16-12)14(18)19-7-6-9-2-1-3-9/h4-5,8-9H,1-3,6-7,15H2,(H,16,17). The molecule has 3 rings (SSSR count). The monoisotopic (exact) mass is 259 g/mol. The number of aromatic amines is 1. The number of benzene rings is 1. The summed E-state index contributed by atoms with van der Waals surface area (Å²) < 4.78 is 5.28. The van der Waals surface area contributed by atoms with Gasteiger partial charge in [-0.2, -0.15) is 5.10 Å². The first-order valence-electron chi connectivity index (χ1n) is 6.65. The maximum atomic E-state index is 12.0. The second-order valence-electron chi connectivity index (χ2n) is 5.10. The highest BCUT2D eigenvalue weighted by Crippen LogP contribution is 2.29. The van der Waals surface area contributed by atoms with Crippen LogP contribution in [0.2, 0.25) is 0 Å². The van der Waals surface area contributed by atoms with Crippen LogP contribution in [-0.4, -0.2) is 22.8 Å². The van der Waals surface area contributed by atoms with Gasteiger partial charge in [0.1, 0.15) is 0 Å². The van der Waals surface area contributed by atoms with Crippen LogP contribution in [0.15, 0.2) is 18.2 Å². The van der Waals surface area contributed by atoms with Crippen LogP contribution in [-0.2, 0) is 4.74 Å². The molecule has 5 heteroatoms. The predicted octanol–water partition coefficient (Wildman–Crippen LogP) is 2.49. The minimum absolute atomic E-state index is 0.316. The van der Waals surface area contributed by atoms with E-state index in [0.717, 1.165) is 17.9 Å². The predicted molar refractivity (Wildman–Crippen MR) is 72.7 cm³/mol. The van der Waals surface area contributed by atoms with Gasteiger partial charge < -0.3 is 10.5 Å². The summed E-state index contributed by atoms with van der Waals surface area (Å²) in [4.78, 5) is 12.0. The lowest BCUT2D eigenvalue weighted by Gasteiger charge is -2.24. The highest BCUT2D eigenvalue weighted by atomic mass is 16.5. The van der Waals surface area contributed by atoms with Crippen molar-refractivity contribution >= 4 is 22.6 Å². The van der Waals surface area contributed by atoms with Gasteiger partial charge in [0.2, 0.25) is 0 Å². The zero-order chi connectivity index (χ0) is 13.2. The Balaban J connectivity index is 1.68. The van der Waals surface area contributed by atoms with Gasteiger partial charge in [-0.25, -0.2) is 4.79 Å². The summed E-state index contributed by atoms with van der Waals surface area (Å²) in [5.74, 6) is 0.357. The van der Waals surface area contributed by atoms with Gasteiger partial charge in [-0.05, 0) is 30.5 Å². The lowest BCUT2D eigenvalue weighted by Crippen LogP contribution is -2.15. The minimum Gasteiger partial charge on any atom is -0.461 e. The third-order valence-corrected chi connectivity index (χ3v) is 3.76. The van der Waals surface area contributed by atoms with Crippen LogP contribution in [0.25, 0.3) is 10.9 Å². The molecule has 1 aromatic heterocycles. The van der Waals surface area contributed by atoms with Gasteiger partial charge in [-0.3, -0.25) is 5.10 Å². The van der Waals surface area contributed by atoms with Gasteiger partial charge in [0.05, 0.1) is 12.1 Å². The van der Waals surface area contributed by atoms with E-state index in [9.17, 15) is 4.79 Å². The fourth-order valence-electron chi connectivity index (χ4n) is 2.36. The zero-order valence-electron chi connectivity index (χ0n) is 10.7. The molecule has 0 radical (unpaired) electrons. The number of nitrogens with zero attached hydrogens (tertiary/aromatic N) is 1. The molecule has 0 unspecified atom stereocenters. The largest absolute Gasteiger partial charge is 0.461 e. The van der Waals surface area contributed by atoms with Gasteiger partial charge in [-0.1, -0.05) is 19.3 Å². The molecule has 0 saturated heterocycles. The van der Waals surface area contributed by atoms with Gasteiger partial charge in [0.25, 0.3) is 0 Å². The molecular formula is C14H17N3O2. The summed E-state index contributed by atoms with van der Waals surface area (Å²) in [6.45, 7) is 0.472. The van der Waals surface area contributed by atoms with Crippen molar-refractivity contribution in [3.8, 4) is 0 Å². The van der Waals surface area contributed by atoms with Crippen LogP contribution < -0.4 is 5.73 Å². The number of rotatable bonds is 4. The van der Waals surface area contributed by atoms with E-state index in [1.165, 1.54) is 19.3 Å². The van der Waals surface area contributed by atoms with Gasteiger partial charge >= 0.3 is 5.97 Å². The number of hydrogen-bond donors (Lipinski definition) is 2. The molecule has 0 spiro atoms. The van der Waals surface area contributed by atoms with E-state index in [1.54, 1.807) is 12.1 Å². The Labute approximate surface area is 111 Å². The van der Waals surface area contributed by atoms with Gasteiger partial charge in [-0.15, -0.1) is 0 Å². The number of nitrogens with two attached hydrogens (primary N) is 1. The van der Waals surface area contributed by atoms with Crippen LogP contribution in [0.1, 0.15) is 36.2 Å². The highest BCUT2D eigenvalue weighted by molar-refractivity contribution is 6.02. The summed E-state index contributed by atoms with van der Waals surface area (Å²) in [5.41, 5.74) is 7.44. The van der Waals surface area contributed by atoms with Crippen molar-refractivity contribution < 1.29 is 9.53 Å². The van der Waals surface area contributed by atoms with Crippen molar-refractivity contribution in [2.24, 2.45) is 5.92 Å². The molecule has 1 aliphatic rings. The number of nitrogen functional groups attached to an aromatic ring is 1. The molecule has 1 saturated carbocycles. The summed E-state index contributed by atoms with van der Waals surface area (Å²) in [6.07, 6.45) is 4.79. The number of aromatic nitrogens is 2. The molecule has 0 aliphatic heterocycles. The lowest BCUT2D eigenvalue weighted by atomic mass is 9.83. The van der Waals surface area contributed by atoms with Crippen molar-refractivity contribution in [3.63, 3.8) is 0 Å². The number of hydrogen-bond acceptors (Lipinski definition) is 4. The van der Waals surface area contributed by atoms with Crippen molar-refractivity contribution in [3.05, 3.63) is 23.9 Å². The minimum atomic E-state index is -0.379. The number of carbonyl (C=O) groups is 1. The van der Waals surface area contributed by atoms with Crippen LogP contribution in [0, 0.1) is 5.92 Å². The number of H-pyrrole nitrogens is 1. The van der Waals surface area contributed by atoms with E-state index in [1.807, 2.05) is 6.07 Å². The lowest BCUT2D eigenvalue weighted by molar-refractivity contribution is 0.0459. The van der Waals surface area contributed by atoms with E-state index in [4.69, 9.17) is 10.5 Å². The Bertz CT molecular complexity index is 602. The van der Waals surface area contributed by atoms with Crippen LogP contribution in [0.4, 0.5) is 5.69 Å². The molecule has 5 nitrogen and oxygen atoms in total. The summed E-state index contributed by atoms with van der Waals surface area (Å²) in [6, 6.07) is 5.32. The zero-order valence-corrected chi connectivity index (χ0v) is 10.7. The van der Waals surface area contributed by atoms with Gasteiger partial charge in [0.15, 0.2) is 5.69 Å². The quantitative estimate of drug-likeness (QED) is 0.653. The Morgan fingerprint density at radius 1 is 1.47 bits per heavy atom. The van der Waals surface area contributed by atoms with E-state index < -0.39 is 0 Å². The van der Waals surface area contributed by atoms with Crippen LogP contribution >= 0.6 is 0 Å². The average Bonchev–Trinajstić information content (AvgIpc) is 2.75. The first-order chi connectivity index (χ1) is 9.24. The van der Waals surface area contributed by atoms with Crippen molar-refractivity contribution in [1.82, 2.24) is 10.2 Å². The van der Waals surface area contributed by atoms with E-state index in [0.29, 0.717) is 23.4 Å². The maximum Gasteiger partial charge on any atom is 0.359 e. The number of fused-ring (bicyclic) bond motifs is 1. The van der Waals surface area contributed by atoms with Crippen molar-refractivity contribution in [1.29, 1.82) is 0 Å². The molecule has 19 heavy (non-hydrogen) atoms. The molecule has 1 aromatic carbocycles. The fraction of sp³-hybridized carbons (Fsp3) is 0.429. The fourth-order valence-corrected chi connectivity index (χ4v) is 2.36. The highest BCUT2D eigenvalue weighted by Gasteiger charge is 2.19. The number of nitrogens with one attached hydrogen (secondary N) is 1. The second-order valence-corrected chi connectivity index (χ2v) is 5.10. The summed E-state index contributed by atoms with van der Waals surface area (Å²) >= 11 is 0. The molecule has 1 aliphatic carbocycles. The van der Waals surface area contributed by atoms with E-state index >= 15 is 0 Å². The van der Waals surface area contributed by atoms with Crippen molar-refractivity contribution in [2.45, 2.75) is 25.7 Å². The molecular weight excluding hydrogens is 242 g/mol. The van der Waals surface area contributed by atoms with E-state index in [2.05, 4.69) is 10.2 Å². The van der Waals surface area contributed by atoms with Crippen LogP contribution in [0.5, 0.6) is 0 Å². The number of esters is 1. The van der Waals surface area contributed by atoms with E-state index in [-0.39, 0.29) is 5.97 Å². The topological polar surface area (TPSA) is 81.0 Å². The summed E-state index contributed by atoms with van der Waals surface area (Å²) in [5, 5.41) is 7.54. The summed E-state index contributed by atoms with van der Waals surface area (Å²) in [7, 11) is 0. The maximum absolute atomic E-state index is 12.0. The van der Waals surface area contributed by atoms with Crippen molar-refractivity contribution in [2.75, 3.05) is 12.3 Å². The second kappa shape index (κ2) is 4.91.